The predicted octanol–water partition coefficient (Wildman–Crippen LogP) is 3.94. The molecule has 1 aromatic carbocycles. The fourth-order valence-electron chi connectivity index (χ4n) is 1.89. The molecule has 0 aliphatic heterocycles. The Morgan fingerprint density at radius 1 is 1.05 bits per heavy atom. The van der Waals surface area contributed by atoms with Crippen LogP contribution >= 0.6 is 0 Å². The van der Waals surface area contributed by atoms with E-state index >= 15 is 0 Å². The number of ether oxygens (including phenoxy) is 2. The molecule has 0 spiro atoms. The lowest BCUT2D eigenvalue weighted by molar-refractivity contribution is 0.270. The van der Waals surface area contributed by atoms with Crippen molar-refractivity contribution in [1.82, 2.24) is 5.01 Å². The van der Waals surface area contributed by atoms with Gasteiger partial charge in [0, 0.05) is 14.1 Å². The maximum absolute atomic E-state index is 5.84. The van der Waals surface area contributed by atoms with E-state index in [1.807, 2.05) is 45.4 Å². The molecule has 21 heavy (non-hydrogen) atoms. The molecule has 0 amide bonds. The van der Waals surface area contributed by atoms with E-state index in [0.29, 0.717) is 6.61 Å². The third-order valence-electron chi connectivity index (χ3n) is 2.96. The van der Waals surface area contributed by atoms with Crippen LogP contribution < -0.4 is 9.47 Å². The molecular formula is C17H28N2O2. The molecule has 0 atom stereocenters. The monoisotopic (exact) mass is 292 g/mol. The number of benzene rings is 1. The minimum atomic E-state index is 0.625. The van der Waals surface area contributed by atoms with Gasteiger partial charge < -0.3 is 14.5 Å². The lowest BCUT2D eigenvalue weighted by Crippen LogP contribution is -2.03. The standard InChI is InChI=1S/C17H28N2O2/c1-5-7-8-9-12-21-16-11-10-15(14-18-19(3)4)13-17(16)20-6-2/h10-11,13-14H,5-9,12H2,1-4H3/b18-14+. The van der Waals surface area contributed by atoms with Crippen LogP contribution in [0.2, 0.25) is 0 Å². The first kappa shape index (κ1) is 17.3. The van der Waals surface area contributed by atoms with Crippen LogP contribution in [0.3, 0.4) is 0 Å². The Labute approximate surface area is 128 Å². The molecule has 0 aliphatic carbocycles. The van der Waals surface area contributed by atoms with Gasteiger partial charge in [-0.1, -0.05) is 26.2 Å². The number of hydrogen-bond acceptors (Lipinski definition) is 4. The van der Waals surface area contributed by atoms with Crippen molar-refractivity contribution in [3.63, 3.8) is 0 Å². The van der Waals surface area contributed by atoms with Gasteiger partial charge in [-0.2, -0.15) is 5.10 Å². The Hall–Kier alpha value is -1.71. The molecular weight excluding hydrogens is 264 g/mol. The van der Waals surface area contributed by atoms with Gasteiger partial charge in [-0.05, 0) is 37.1 Å². The molecule has 0 aliphatic rings. The van der Waals surface area contributed by atoms with Gasteiger partial charge in [0.15, 0.2) is 11.5 Å². The van der Waals surface area contributed by atoms with Crippen LogP contribution in [0, 0.1) is 0 Å². The molecule has 0 aromatic heterocycles. The number of rotatable bonds is 10. The summed E-state index contributed by atoms with van der Waals surface area (Å²) in [6.07, 6.45) is 6.62. The van der Waals surface area contributed by atoms with Crippen molar-refractivity contribution >= 4 is 6.21 Å². The summed E-state index contributed by atoms with van der Waals surface area (Å²) in [7, 11) is 3.79. The van der Waals surface area contributed by atoms with Crippen molar-refractivity contribution in [2.45, 2.75) is 39.5 Å². The molecule has 0 saturated carbocycles. The van der Waals surface area contributed by atoms with Crippen molar-refractivity contribution in [2.75, 3.05) is 27.3 Å². The topological polar surface area (TPSA) is 34.1 Å². The Morgan fingerprint density at radius 3 is 2.52 bits per heavy atom. The first-order chi connectivity index (χ1) is 10.2. The minimum absolute atomic E-state index is 0.625. The van der Waals surface area contributed by atoms with Gasteiger partial charge in [-0.25, -0.2) is 0 Å². The Morgan fingerprint density at radius 2 is 1.86 bits per heavy atom. The van der Waals surface area contributed by atoms with E-state index < -0.39 is 0 Å². The zero-order valence-electron chi connectivity index (χ0n) is 13.8. The Kier molecular flexibility index (Phi) is 8.32. The van der Waals surface area contributed by atoms with E-state index in [1.165, 1.54) is 19.3 Å². The average Bonchev–Trinajstić information content (AvgIpc) is 2.47. The second-order valence-electron chi connectivity index (χ2n) is 5.14. The average molecular weight is 292 g/mol. The summed E-state index contributed by atoms with van der Waals surface area (Å²) in [5.74, 6) is 1.60. The van der Waals surface area contributed by atoms with Gasteiger partial charge in [0.2, 0.25) is 0 Å². The maximum Gasteiger partial charge on any atom is 0.161 e. The van der Waals surface area contributed by atoms with E-state index in [1.54, 1.807) is 5.01 Å². The van der Waals surface area contributed by atoms with Crippen LogP contribution in [0.4, 0.5) is 0 Å². The highest BCUT2D eigenvalue weighted by Crippen LogP contribution is 2.28. The number of hydrogen-bond donors (Lipinski definition) is 0. The lowest BCUT2D eigenvalue weighted by Gasteiger charge is -2.12. The number of nitrogens with zero attached hydrogens (tertiary/aromatic N) is 2. The molecule has 0 unspecified atom stereocenters. The molecule has 0 radical (unpaired) electrons. The van der Waals surface area contributed by atoms with Gasteiger partial charge in [-0.15, -0.1) is 0 Å². The molecule has 4 nitrogen and oxygen atoms in total. The highest BCUT2D eigenvalue weighted by molar-refractivity contribution is 5.80. The molecule has 0 fully saturated rings. The second-order valence-corrected chi connectivity index (χ2v) is 5.14. The fraction of sp³-hybridized carbons (Fsp3) is 0.588. The van der Waals surface area contributed by atoms with Crippen molar-refractivity contribution in [3.8, 4) is 11.5 Å². The van der Waals surface area contributed by atoms with Crippen molar-refractivity contribution in [3.05, 3.63) is 23.8 Å². The first-order valence-corrected chi connectivity index (χ1v) is 7.78. The third kappa shape index (κ3) is 7.02. The zero-order chi connectivity index (χ0) is 15.5. The van der Waals surface area contributed by atoms with Crippen LogP contribution in [0.5, 0.6) is 11.5 Å². The van der Waals surface area contributed by atoms with Gasteiger partial charge >= 0.3 is 0 Å². The molecule has 4 heteroatoms. The molecule has 1 aromatic rings. The summed E-state index contributed by atoms with van der Waals surface area (Å²) < 4.78 is 11.5. The third-order valence-corrected chi connectivity index (χ3v) is 2.96. The van der Waals surface area contributed by atoms with E-state index in [2.05, 4.69) is 12.0 Å². The quantitative estimate of drug-likeness (QED) is 0.372. The normalized spacial score (nSPS) is 10.9. The summed E-state index contributed by atoms with van der Waals surface area (Å²) >= 11 is 0. The summed E-state index contributed by atoms with van der Waals surface area (Å²) in [4.78, 5) is 0. The molecule has 1 rings (SSSR count). The molecule has 118 valence electrons. The van der Waals surface area contributed by atoms with E-state index in [0.717, 1.165) is 30.1 Å². The fourth-order valence-corrected chi connectivity index (χ4v) is 1.89. The zero-order valence-corrected chi connectivity index (χ0v) is 13.8. The van der Waals surface area contributed by atoms with Crippen molar-refractivity contribution in [1.29, 1.82) is 0 Å². The summed E-state index contributed by atoms with van der Waals surface area (Å²) in [5.41, 5.74) is 1.01. The van der Waals surface area contributed by atoms with Crippen molar-refractivity contribution in [2.24, 2.45) is 5.10 Å². The predicted molar refractivity (Wildman–Crippen MR) is 88.5 cm³/mol. The minimum Gasteiger partial charge on any atom is -0.490 e. The second kappa shape index (κ2) is 10.1. The lowest BCUT2D eigenvalue weighted by atomic mass is 10.2. The summed E-state index contributed by atoms with van der Waals surface area (Å²) in [6, 6.07) is 5.93. The molecule has 0 heterocycles. The summed E-state index contributed by atoms with van der Waals surface area (Å²) in [5, 5.41) is 6.00. The Bertz CT molecular complexity index is 431. The van der Waals surface area contributed by atoms with Crippen LogP contribution in [0.25, 0.3) is 0 Å². The largest absolute Gasteiger partial charge is 0.490 e. The first-order valence-electron chi connectivity index (χ1n) is 7.78. The Balaban J connectivity index is 2.65. The van der Waals surface area contributed by atoms with Gasteiger partial charge in [0.05, 0.1) is 19.4 Å². The smallest absolute Gasteiger partial charge is 0.161 e. The van der Waals surface area contributed by atoms with E-state index in [-0.39, 0.29) is 0 Å². The maximum atomic E-state index is 5.84. The highest BCUT2D eigenvalue weighted by Gasteiger charge is 2.06. The van der Waals surface area contributed by atoms with Crippen LogP contribution in [-0.2, 0) is 0 Å². The van der Waals surface area contributed by atoms with Crippen LogP contribution in [0.1, 0.15) is 45.1 Å². The van der Waals surface area contributed by atoms with E-state index in [9.17, 15) is 0 Å². The van der Waals surface area contributed by atoms with Crippen LogP contribution in [-0.4, -0.2) is 38.5 Å². The van der Waals surface area contributed by atoms with Gasteiger partial charge in [0.25, 0.3) is 0 Å². The number of hydrazone groups is 1. The summed E-state index contributed by atoms with van der Waals surface area (Å²) in [6.45, 7) is 5.55. The van der Waals surface area contributed by atoms with Crippen LogP contribution in [0.15, 0.2) is 23.3 Å². The van der Waals surface area contributed by atoms with E-state index in [4.69, 9.17) is 9.47 Å². The molecule has 0 N–H and O–H groups in total. The SMILES string of the molecule is CCCCCCOc1ccc(/C=N/N(C)C)cc1OCC. The van der Waals surface area contributed by atoms with Crippen molar-refractivity contribution < 1.29 is 9.47 Å². The molecule has 0 bridgehead atoms. The molecule has 0 saturated heterocycles. The number of unbranched alkanes of at least 4 members (excludes halogenated alkanes) is 3. The van der Waals surface area contributed by atoms with Gasteiger partial charge in [0.1, 0.15) is 0 Å². The highest BCUT2D eigenvalue weighted by atomic mass is 16.5. The van der Waals surface area contributed by atoms with Gasteiger partial charge in [-0.3, -0.25) is 0 Å².